The van der Waals surface area contributed by atoms with Gasteiger partial charge in [0.2, 0.25) is 5.91 Å². The number of hydrogen-bond donors (Lipinski definition) is 0. The number of hydrogen-bond acceptors (Lipinski definition) is 1. The summed E-state index contributed by atoms with van der Waals surface area (Å²) in [5.41, 5.74) is 0.928. The third-order valence-electron chi connectivity index (χ3n) is 3.09. The molecule has 2 nitrogen and oxygen atoms in total. The quantitative estimate of drug-likeness (QED) is 0.764. The minimum Gasteiger partial charge on any atom is -0.311 e. The van der Waals surface area contributed by atoms with E-state index in [0.717, 1.165) is 11.1 Å². The fraction of sp³-hybridized carbons (Fsp3) is 0.353. The molecular formula is C17H20ClNO. The van der Waals surface area contributed by atoms with Crippen molar-refractivity contribution in [2.24, 2.45) is 5.41 Å². The van der Waals surface area contributed by atoms with E-state index in [9.17, 15) is 4.79 Å². The van der Waals surface area contributed by atoms with Crippen LogP contribution in [0.15, 0.2) is 42.5 Å². The highest BCUT2D eigenvalue weighted by atomic mass is 35.5. The predicted octanol–water partition coefficient (Wildman–Crippen LogP) is 4.46. The Kier molecular flexibility index (Phi) is 4.34. The smallest absolute Gasteiger partial charge is 0.241 e. The first kappa shape index (κ1) is 14.9. The zero-order valence-electron chi connectivity index (χ0n) is 12.2. The van der Waals surface area contributed by atoms with Crippen molar-refractivity contribution in [1.29, 1.82) is 0 Å². The van der Waals surface area contributed by atoms with Crippen molar-refractivity contribution < 1.29 is 4.79 Å². The molecule has 1 amide bonds. The molecule has 20 heavy (non-hydrogen) atoms. The van der Waals surface area contributed by atoms with Crippen molar-refractivity contribution >= 4 is 34.0 Å². The predicted molar refractivity (Wildman–Crippen MR) is 86.5 cm³/mol. The number of rotatable bonds is 3. The molecule has 106 valence electrons. The van der Waals surface area contributed by atoms with E-state index in [1.807, 2.05) is 30.3 Å². The molecule has 2 aromatic carbocycles. The molecule has 0 radical (unpaired) electrons. The molecule has 0 fully saturated rings. The highest BCUT2D eigenvalue weighted by molar-refractivity contribution is 6.29. The Balaban J connectivity index is 2.42. The van der Waals surface area contributed by atoms with Crippen LogP contribution < -0.4 is 4.90 Å². The van der Waals surface area contributed by atoms with E-state index in [2.05, 4.69) is 32.9 Å². The molecule has 0 saturated carbocycles. The largest absolute Gasteiger partial charge is 0.311 e. The van der Waals surface area contributed by atoms with Gasteiger partial charge in [0.05, 0.1) is 0 Å². The van der Waals surface area contributed by atoms with Gasteiger partial charge in [-0.2, -0.15) is 0 Å². The summed E-state index contributed by atoms with van der Waals surface area (Å²) in [6.07, 6.45) is 0. The first-order valence-electron chi connectivity index (χ1n) is 6.76. The van der Waals surface area contributed by atoms with Gasteiger partial charge in [0, 0.05) is 12.2 Å². The van der Waals surface area contributed by atoms with Crippen LogP contribution in [0.25, 0.3) is 10.8 Å². The number of nitrogens with zero attached hydrogens (tertiary/aromatic N) is 1. The summed E-state index contributed by atoms with van der Waals surface area (Å²) < 4.78 is 0. The van der Waals surface area contributed by atoms with Gasteiger partial charge in [0.25, 0.3) is 0 Å². The first-order valence-corrected chi connectivity index (χ1v) is 7.29. The van der Waals surface area contributed by atoms with Crippen LogP contribution in [0.2, 0.25) is 0 Å². The Labute approximate surface area is 125 Å². The zero-order chi connectivity index (χ0) is 14.8. The minimum absolute atomic E-state index is 0.00288. The second-order valence-corrected chi connectivity index (χ2v) is 6.47. The van der Waals surface area contributed by atoms with Crippen molar-refractivity contribution in [3.8, 4) is 0 Å². The summed E-state index contributed by atoms with van der Waals surface area (Å²) >= 11 is 5.75. The maximum atomic E-state index is 12.1. The number of alkyl halides is 1. The van der Waals surface area contributed by atoms with E-state index in [1.165, 1.54) is 5.39 Å². The fourth-order valence-electron chi connectivity index (χ4n) is 2.21. The third-order valence-corrected chi connectivity index (χ3v) is 3.32. The Morgan fingerprint density at radius 2 is 1.75 bits per heavy atom. The highest BCUT2D eigenvalue weighted by Gasteiger charge is 2.22. The lowest BCUT2D eigenvalue weighted by Crippen LogP contribution is -2.38. The van der Waals surface area contributed by atoms with Crippen molar-refractivity contribution in [2.75, 3.05) is 17.3 Å². The maximum Gasteiger partial charge on any atom is 0.241 e. The minimum atomic E-state index is -0.0585. The molecule has 3 heteroatoms. The number of benzene rings is 2. The summed E-state index contributed by atoms with van der Waals surface area (Å²) in [6, 6.07) is 14.2. The van der Waals surface area contributed by atoms with Gasteiger partial charge < -0.3 is 4.90 Å². The molecule has 0 spiro atoms. The van der Waals surface area contributed by atoms with Crippen molar-refractivity contribution in [3.05, 3.63) is 42.5 Å². The molecule has 0 aliphatic heterocycles. The van der Waals surface area contributed by atoms with Crippen molar-refractivity contribution in [2.45, 2.75) is 20.8 Å². The molecule has 0 bridgehead atoms. The van der Waals surface area contributed by atoms with Gasteiger partial charge >= 0.3 is 0 Å². The van der Waals surface area contributed by atoms with E-state index >= 15 is 0 Å². The highest BCUT2D eigenvalue weighted by Crippen LogP contribution is 2.26. The van der Waals surface area contributed by atoms with Crippen molar-refractivity contribution in [1.82, 2.24) is 0 Å². The van der Waals surface area contributed by atoms with E-state index in [0.29, 0.717) is 6.54 Å². The van der Waals surface area contributed by atoms with Crippen molar-refractivity contribution in [3.63, 3.8) is 0 Å². The van der Waals surface area contributed by atoms with Crippen LogP contribution >= 0.6 is 11.6 Å². The van der Waals surface area contributed by atoms with Crippen LogP contribution in [0.1, 0.15) is 20.8 Å². The second kappa shape index (κ2) is 5.84. The molecule has 0 aromatic heterocycles. The summed E-state index contributed by atoms with van der Waals surface area (Å²) in [6.45, 7) is 6.99. The number of fused-ring (bicyclic) bond motifs is 1. The van der Waals surface area contributed by atoms with Gasteiger partial charge in [-0.05, 0) is 28.3 Å². The van der Waals surface area contributed by atoms with E-state index in [-0.39, 0.29) is 17.2 Å². The first-order chi connectivity index (χ1) is 9.40. The third kappa shape index (κ3) is 3.51. The number of halogens is 1. The molecule has 0 aliphatic carbocycles. The normalized spacial score (nSPS) is 11.6. The fourth-order valence-corrected chi connectivity index (χ4v) is 2.36. The number of anilines is 1. The second-order valence-electron chi connectivity index (χ2n) is 6.21. The molecule has 0 saturated heterocycles. The van der Waals surface area contributed by atoms with Gasteiger partial charge in [-0.25, -0.2) is 0 Å². The van der Waals surface area contributed by atoms with Crippen LogP contribution in [0, 0.1) is 5.41 Å². The molecule has 0 unspecified atom stereocenters. The van der Waals surface area contributed by atoms with Crippen LogP contribution in [-0.4, -0.2) is 18.3 Å². The Bertz CT molecular complexity index is 616. The van der Waals surface area contributed by atoms with E-state index in [4.69, 9.17) is 11.6 Å². The van der Waals surface area contributed by atoms with Gasteiger partial charge in [-0.1, -0.05) is 51.1 Å². The summed E-state index contributed by atoms with van der Waals surface area (Å²) in [4.78, 5) is 13.9. The summed E-state index contributed by atoms with van der Waals surface area (Å²) in [5.74, 6) is -0.0556. The van der Waals surface area contributed by atoms with Gasteiger partial charge in [-0.15, -0.1) is 11.6 Å². The molecule has 0 heterocycles. The monoisotopic (exact) mass is 289 g/mol. The number of amides is 1. The lowest BCUT2D eigenvalue weighted by atomic mass is 9.95. The lowest BCUT2D eigenvalue weighted by molar-refractivity contribution is -0.116. The van der Waals surface area contributed by atoms with Crippen LogP contribution in [0.5, 0.6) is 0 Å². The van der Waals surface area contributed by atoms with Gasteiger partial charge in [-0.3, -0.25) is 4.79 Å². The maximum absolute atomic E-state index is 12.1. The Morgan fingerprint density at radius 3 is 2.35 bits per heavy atom. The lowest BCUT2D eigenvalue weighted by Gasteiger charge is -2.30. The average Bonchev–Trinajstić information content (AvgIpc) is 2.42. The molecule has 2 rings (SSSR count). The molecule has 0 atom stereocenters. The van der Waals surface area contributed by atoms with Gasteiger partial charge in [0.1, 0.15) is 5.88 Å². The average molecular weight is 290 g/mol. The SMILES string of the molecule is CC(C)(C)CN(C(=O)CCl)c1ccc2ccccc2c1. The molecule has 0 aliphatic rings. The molecular weight excluding hydrogens is 270 g/mol. The zero-order valence-corrected chi connectivity index (χ0v) is 12.9. The molecule has 0 N–H and O–H groups in total. The van der Waals surface area contributed by atoms with Crippen LogP contribution in [0.4, 0.5) is 5.69 Å². The number of carbonyl (C=O) groups excluding carboxylic acids is 1. The molecule has 2 aromatic rings. The van der Waals surface area contributed by atoms with E-state index < -0.39 is 0 Å². The summed E-state index contributed by atoms with van der Waals surface area (Å²) in [7, 11) is 0. The number of carbonyl (C=O) groups is 1. The Morgan fingerprint density at radius 1 is 1.10 bits per heavy atom. The van der Waals surface area contributed by atoms with Crippen LogP contribution in [-0.2, 0) is 4.79 Å². The topological polar surface area (TPSA) is 20.3 Å². The van der Waals surface area contributed by atoms with E-state index in [1.54, 1.807) is 4.90 Å². The van der Waals surface area contributed by atoms with Crippen LogP contribution in [0.3, 0.4) is 0 Å². The van der Waals surface area contributed by atoms with Gasteiger partial charge in [0.15, 0.2) is 0 Å². The summed E-state index contributed by atoms with van der Waals surface area (Å²) in [5, 5.41) is 2.30. The Hall–Kier alpha value is -1.54. The standard InChI is InChI=1S/C17H20ClNO/c1-17(2,3)12-19(16(20)11-18)15-9-8-13-6-4-5-7-14(13)10-15/h4-10H,11-12H2,1-3H3.